The van der Waals surface area contributed by atoms with Crippen molar-refractivity contribution in [3.63, 3.8) is 0 Å². The molecule has 0 saturated heterocycles. The smallest absolute Gasteiger partial charge is 0.274 e. The lowest BCUT2D eigenvalue weighted by molar-refractivity contribution is 0.0665. The second-order valence-corrected chi connectivity index (χ2v) is 6.16. The molecule has 5 nitrogen and oxygen atoms in total. The summed E-state index contributed by atoms with van der Waals surface area (Å²) in [5.41, 5.74) is 0.442. The summed E-state index contributed by atoms with van der Waals surface area (Å²) in [6.45, 7) is 5.20. The van der Waals surface area contributed by atoms with E-state index in [0.717, 1.165) is 25.8 Å². The Hall–Kier alpha value is -1.65. The zero-order valence-electron chi connectivity index (χ0n) is 13.3. The summed E-state index contributed by atoms with van der Waals surface area (Å²) in [4.78, 5) is 23.3. The van der Waals surface area contributed by atoms with Gasteiger partial charge in [0, 0.05) is 19.6 Å². The zero-order valence-corrected chi connectivity index (χ0v) is 13.3. The van der Waals surface area contributed by atoms with Crippen LogP contribution in [-0.2, 0) is 0 Å². The number of nitrogens with one attached hydrogen (secondary N) is 1. The van der Waals surface area contributed by atoms with Gasteiger partial charge in [-0.3, -0.25) is 9.78 Å². The highest BCUT2D eigenvalue weighted by Gasteiger charge is 2.28. The molecule has 1 amide bonds. The summed E-state index contributed by atoms with van der Waals surface area (Å²) >= 11 is 0. The predicted molar refractivity (Wildman–Crippen MR) is 84.3 cm³/mol. The molecular formula is C16H26N4O. The highest BCUT2D eigenvalue weighted by Crippen LogP contribution is 2.25. The molecule has 0 bridgehead atoms. The van der Waals surface area contributed by atoms with Crippen molar-refractivity contribution >= 4 is 11.7 Å². The van der Waals surface area contributed by atoms with E-state index in [9.17, 15) is 4.79 Å². The number of carbonyl (C=O) groups excluding carboxylic acids is 1. The Balaban J connectivity index is 2.15. The summed E-state index contributed by atoms with van der Waals surface area (Å²) in [5.74, 6) is 1.25. The molecule has 1 aliphatic rings. The van der Waals surface area contributed by atoms with E-state index in [1.807, 2.05) is 4.90 Å². The van der Waals surface area contributed by atoms with E-state index in [1.54, 1.807) is 19.4 Å². The third-order valence-corrected chi connectivity index (χ3v) is 4.08. The molecule has 1 fully saturated rings. The molecule has 1 saturated carbocycles. The highest BCUT2D eigenvalue weighted by molar-refractivity contribution is 5.92. The van der Waals surface area contributed by atoms with Crippen molar-refractivity contribution in [2.75, 3.05) is 18.9 Å². The van der Waals surface area contributed by atoms with Gasteiger partial charge in [0.25, 0.3) is 5.91 Å². The summed E-state index contributed by atoms with van der Waals surface area (Å²) in [5, 5.41) is 2.94. The van der Waals surface area contributed by atoms with Crippen LogP contribution in [0.2, 0.25) is 0 Å². The van der Waals surface area contributed by atoms with Gasteiger partial charge in [-0.1, -0.05) is 26.7 Å². The van der Waals surface area contributed by atoms with Gasteiger partial charge in [-0.2, -0.15) is 0 Å². The van der Waals surface area contributed by atoms with Crippen molar-refractivity contribution in [2.45, 2.75) is 52.0 Å². The fourth-order valence-electron chi connectivity index (χ4n) is 2.80. The Morgan fingerprint density at radius 1 is 1.38 bits per heavy atom. The first kappa shape index (κ1) is 15.7. The van der Waals surface area contributed by atoms with E-state index >= 15 is 0 Å². The Bertz CT molecular complexity index is 469. The molecule has 0 spiro atoms. The van der Waals surface area contributed by atoms with E-state index in [2.05, 4.69) is 29.1 Å². The van der Waals surface area contributed by atoms with Crippen LogP contribution >= 0.6 is 0 Å². The molecule has 0 aromatic carbocycles. The monoisotopic (exact) mass is 290 g/mol. The molecule has 1 N–H and O–H groups in total. The second kappa shape index (κ2) is 7.38. The molecule has 5 heteroatoms. The Morgan fingerprint density at radius 2 is 2.10 bits per heavy atom. The van der Waals surface area contributed by atoms with Gasteiger partial charge in [-0.25, -0.2) is 4.98 Å². The van der Waals surface area contributed by atoms with Crippen molar-refractivity contribution in [3.8, 4) is 0 Å². The van der Waals surface area contributed by atoms with Crippen molar-refractivity contribution in [1.82, 2.24) is 14.9 Å². The molecule has 1 aromatic heterocycles. The molecule has 0 radical (unpaired) electrons. The molecule has 0 unspecified atom stereocenters. The minimum absolute atomic E-state index is 0.0205. The number of rotatable bonds is 6. The van der Waals surface area contributed by atoms with Crippen LogP contribution in [0.4, 0.5) is 5.82 Å². The SMILES string of the molecule is CNc1cncc(C(=O)N(CCC(C)C)C2CCCC2)n1. The fourth-order valence-corrected chi connectivity index (χ4v) is 2.80. The van der Waals surface area contributed by atoms with Gasteiger partial charge >= 0.3 is 0 Å². The molecule has 2 rings (SSSR count). The largest absolute Gasteiger partial charge is 0.372 e. The maximum Gasteiger partial charge on any atom is 0.274 e. The van der Waals surface area contributed by atoms with Gasteiger partial charge in [0.15, 0.2) is 0 Å². The number of hydrogen-bond donors (Lipinski definition) is 1. The molecule has 1 aliphatic carbocycles. The van der Waals surface area contributed by atoms with Crippen molar-refractivity contribution in [1.29, 1.82) is 0 Å². The Kier molecular flexibility index (Phi) is 5.53. The molecule has 0 atom stereocenters. The van der Waals surface area contributed by atoms with Crippen molar-refractivity contribution in [2.24, 2.45) is 5.92 Å². The minimum atomic E-state index is 0.0205. The van der Waals surface area contributed by atoms with Crippen LogP contribution in [0, 0.1) is 5.92 Å². The molecule has 116 valence electrons. The van der Waals surface area contributed by atoms with Gasteiger partial charge in [0.1, 0.15) is 11.5 Å². The Labute approximate surface area is 127 Å². The van der Waals surface area contributed by atoms with Gasteiger partial charge in [0.05, 0.1) is 12.4 Å². The first-order valence-electron chi connectivity index (χ1n) is 7.92. The molecule has 1 aromatic rings. The predicted octanol–water partition coefficient (Wildman–Crippen LogP) is 2.95. The van der Waals surface area contributed by atoms with E-state index in [1.165, 1.54) is 12.8 Å². The van der Waals surface area contributed by atoms with Crippen molar-refractivity contribution < 1.29 is 4.79 Å². The molecule has 1 heterocycles. The zero-order chi connectivity index (χ0) is 15.2. The van der Waals surface area contributed by atoms with Gasteiger partial charge < -0.3 is 10.2 Å². The normalized spacial score (nSPS) is 15.4. The van der Waals surface area contributed by atoms with Crippen LogP contribution in [0.5, 0.6) is 0 Å². The summed E-state index contributed by atoms with van der Waals surface area (Å²) < 4.78 is 0. The van der Waals surface area contributed by atoms with Crippen LogP contribution < -0.4 is 5.32 Å². The quantitative estimate of drug-likeness (QED) is 0.875. The number of anilines is 1. The van der Waals surface area contributed by atoms with Gasteiger partial charge in [-0.15, -0.1) is 0 Å². The Morgan fingerprint density at radius 3 is 2.71 bits per heavy atom. The number of amides is 1. The van der Waals surface area contributed by atoms with Crippen molar-refractivity contribution in [3.05, 3.63) is 18.1 Å². The lowest BCUT2D eigenvalue weighted by atomic mass is 10.1. The first-order valence-corrected chi connectivity index (χ1v) is 7.92. The maximum atomic E-state index is 12.8. The molecule has 0 aliphatic heterocycles. The number of aromatic nitrogens is 2. The van der Waals surface area contributed by atoms with Crippen LogP contribution in [0.3, 0.4) is 0 Å². The number of hydrogen-bond acceptors (Lipinski definition) is 4. The van der Waals surface area contributed by atoms with Crippen LogP contribution in [-0.4, -0.2) is 40.4 Å². The average molecular weight is 290 g/mol. The maximum absolute atomic E-state index is 12.8. The molecule has 21 heavy (non-hydrogen) atoms. The third kappa shape index (κ3) is 4.16. The standard InChI is InChI=1S/C16H26N4O/c1-12(2)8-9-20(13-6-4-5-7-13)16(21)14-10-18-11-15(17-3)19-14/h10-13H,4-9H2,1-3H3,(H,17,19). The minimum Gasteiger partial charge on any atom is -0.372 e. The van der Waals surface area contributed by atoms with E-state index in [-0.39, 0.29) is 5.91 Å². The molecular weight excluding hydrogens is 264 g/mol. The second-order valence-electron chi connectivity index (χ2n) is 6.16. The van der Waals surface area contributed by atoms with E-state index in [0.29, 0.717) is 23.5 Å². The number of carbonyl (C=O) groups is 1. The average Bonchev–Trinajstić information content (AvgIpc) is 3.01. The first-order chi connectivity index (χ1) is 10.1. The van der Waals surface area contributed by atoms with E-state index < -0.39 is 0 Å². The summed E-state index contributed by atoms with van der Waals surface area (Å²) in [6, 6.07) is 0.372. The van der Waals surface area contributed by atoms with Crippen LogP contribution in [0.25, 0.3) is 0 Å². The summed E-state index contributed by atoms with van der Waals surface area (Å²) in [6.07, 6.45) is 8.90. The fraction of sp³-hybridized carbons (Fsp3) is 0.688. The topological polar surface area (TPSA) is 58.1 Å². The van der Waals surface area contributed by atoms with E-state index in [4.69, 9.17) is 0 Å². The van der Waals surface area contributed by atoms with Gasteiger partial charge in [0.2, 0.25) is 0 Å². The van der Waals surface area contributed by atoms with Crippen LogP contribution in [0.15, 0.2) is 12.4 Å². The van der Waals surface area contributed by atoms with Crippen LogP contribution in [0.1, 0.15) is 56.4 Å². The van der Waals surface area contributed by atoms with Gasteiger partial charge in [-0.05, 0) is 25.2 Å². The number of nitrogens with zero attached hydrogens (tertiary/aromatic N) is 3. The lowest BCUT2D eigenvalue weighted by Crippen LogP contribution is -2.40. The third-order valence-electron chi connectivity index (χ3n) is 4.08. The lowest BCUT2D eigenvalue weighted by Gasteiger charge is -2.29. The highest BCUT2D eigenvalue weighted by atomic mass is 16.2. The summed E-state index contributed by atoms with van der Waals surface area (Å²) in [7, 11) is 1.78.